The summed E-state index contributed by atoms with van der Waals surface area (Å²) in [5, 5.41) is 20.0. The summed E-state index contributed by atoms with van der Waals surface area (Å²) in [6.07, 6.45) is 3.07. The summed E-state index contributed by atoms with van der Waals surface area (Å²) in [6, 6.07) is 4.16. The summed E-state index contributed by atoms with van der Waals surface area (Å²) in [6.45, 7) is 1.09. The van der Waals surface area contributed by atoms with Crippen molar-refractivity contribution < 1.29 is 24.3 Å². The standard InChI is InChI=1S/C14H17NO6/c16-14(17)13-10(4-3-6-12(13)15(18)19)8-20-9-11-5-1-2-7-21-11/h3-4,6,11H,1-2,5,7-9H2,(H,16,17). The molecule has 1 saturated heterocycles. The van der Waals surface area contributed by atoms with Gasteiger partial charge in [0.25, 0.3) is 5.69 Å². The first kappa shape index (κ1) is 15.4. The molecule has 0 radical (unpaired) electrons. The first-order valence-electron chi connectivity index (χ1n) is 6.78. The van der Waals surface area contributed by atoms with Gasteiger partial charge in [0.1, 0.15) is 5.56 Å². The van der Waals surface area contributed by atoms with E-state index in [1.165, 1.54) is 18.2 Å². The van der Waals surface area contributed by atoms with E-state index < -0.39 is 16.6 Å². The van der Waals surface area contributed by atoms with Crippen molar-refractivity contribution in [1.29, 1.82) is 0 Å². The van der Waals surface area contributed by atoms with Crippen LogP contribution >= 0.6 is 0 Å². The van der Waals surface area contributed by atoms with Crippen LogP contribution in [0.1, 0.15) is 35.2 Å². The third kappa shape index (κ3) is 3.99. The highest BCUT2D eigenvalue weighted by Crippen LogP contribution is 2.23. The lowest BCUT2D eigenvalue weighted by molar-refractivity contribution is -0.385. The monoisotopic (exact) mass is 295 g/mol. The number of carboxylic acid groups (broad SMARTS) is 1. The first-order valence-corrected chi connectivity index (χ1v) is 6.78. The van der Waals surface area contributed by atoms with Crippen molar-refractivity contribution in [1.82, 2.24) is 0 Å². The fourth-order valence-corrected chi connectivity index (χ4v) is 2.35. The predicted molar refractivity (Wildman–Crippen MR) is 73.3 cm³/mol. The van der Waals surface area contributed by atoms with Crippen LogP contribution in [0.5, 0.6) is 0 Å². The molecule has 0 aliphatic carbocycles. The molecule has 1 heterocycles. The smallest absolute Gasteiger partial charge is 0.343 e. The van der Waals surface area contributed by atoms with Gasteiger partial charge in [-0.15, -0.1) is 0 Å². The summed E-state index contributed by atoms with van der Waals surface area (Å²) in [7, 11) is 0. The van der Waals surface area contributed by atoms with Crippen LogP contribution in [0.3, 0.4) is 0 Å². The van der Waals surface area contributed by atoms with E-state index in [1.807, 2.05) is 0 Å². The Balaban J connectivity index is 2.03. The number of nitrogens with zero attached hydrogens (tertiary/aromatic N) is 1. The molecular weight excluding hydrogens is 278 g/mol. The molecule has 114 valence electrons. The Kier molecular flexibility index (Phi) is 5.24. The van der Waals surface area contributed by atoms with Crippen molar-refractivity contribution in [2.75, 3.05) is 13.2 Å². The van der Waals surface area contributed by atoms with Gasteiger partial charge in [-0.05, 0) is 24.8 Å². The van der Waals surface area contributed by atoms with E-state index in [0.717, 1.165) is 19.3 Å². The molecule has 1 aromatic carbocycles. The highest BCUT2D eigenvalue weighted by atomic mass is 16.6. The zero-order valence-corrected chi connectivity index (χ0v) is 11.5. The molecule has 1 fully saturated rings. The second-order valence-electron chi connectivity index (χ2n) is 4.88. The van der Waals surface area contributed by atoms with E-state index in [-0.39, 0.29) is 18.3 Å². The van der Waals surface area contributed by atoms with Gasteiger partial charge in [-0.2, -0.15) is 0 Å². The van der Waals surface area contributed by atoms with E-state index in [2.05, 4.69) is 0 Å². The molecule has 0 aromatic heterocycles. The average Bonchev–Trinajstić information content (AvgIpc) is 2.47. The number of aromatic carboxylic acids is 1. The Morgan fingerprint density at radius 1 is 1.48 bits per heavy atom. The molecule has 1 N–H and O–H groups in total. The van der Waals surface area contributed by atoms with Gasteiger partial charge in [0.15, 0.2) is 0 Å². The van der Waals surface area contributed by atoms with Crippen LogP contribution in [0.15, 0.2) is 18.2 Å². The zero-order valence-electron chi connectivity index (χ0n) is 11.5. The number of carbonyl (C=O) groups is 1. The van der Waals surface area contributed by atoms with Crippen LogP contribution in [0.25, 0.3) is 0 Å². The van der Waals surface area contributed by atoms with Crippen molar-refractivity contribution >= 4 is 11.7 Å². The molecule has 7 heteroatoms. The number of ether oxygens (including phenoxy) is 2. The quantitative estimate of drug-likeness (QED) is 0.639. The van der Waals surface area contributed by atoms with Gasteiger partial charge >= 0.3 is 5.97 Å². The summed E-state index contributed by atoms with van der Waals surface area (Å²) in [4.78, 5) is 21.4. The molecule has 0 bridgehead atoms. The maximum atomic E-state index is 11.2. The van der Waals surface area contributed by atoms with Gasteiger partial charge in [-0.3, -0.25) is 10.1 Å². The summed E-state index contributed by atoms with van der Waals surface area (Å²) >= 11 is 0. The van der Waals surface area contributed by atoms with Crippen molar-refractivity contribution in [3.8, 4) is 0 Å². The molecule has 1 unspecified atom stereocenters. The predicted octanol–water partition coefficient (Wildman–Crippen LogP) is 2.38. The molecule has 0 amide bonds. The van der Waals surface area contributed by atoms with E-state index in [9.17, 15) is 14.9 Å². The van der Waals surface area contributed by atoms with E-state index >= 15 is 0 Å². The van der Waals surface area contributed by atoms with Gasteiger partial charge in [-0.1, -0.05) is 12.1 Å². The topological polar surface area (TPSA) is 98.9 Å². The van der Waals surface area contributed by atoms with Crippen LogP contribution in [0, 0.1) is 10.1 Å². The third-order valence-electron chi connectivity index (χ3n) is 3.37. The molecular formula is C14H17NO6. The van der Waals surface area contributed by atoms with Crippen molar-refractivity contribution in [3.05, 3.63) is 39.4 Å². The van der Waals surface area contributed by atoms with Crippen LogP contribution in [-0.4, -0.2) is 35.3 Å². The molecule has 2 rings (SSSR count). The van der Waals surface area contributed by atoms with Gasteiger partial charge in [0.2, 0.25) is 0 Å². The van der Waals surface area contributed by atoms with Crippen molar-refractivity contribution in [2.45, 2.75) is 32.0 Å². The van der Waals surface area contributed by atoms with Crippen LogP contribution in [0.2, 0.25) is 0 Å². The lowest BCUT2D eigenvalue weighted by Crippen LogP contribution is -2.24. The Morgan fingerprint density at radius 2 is 2.29 bits per heavy atom. The van der Waals surface area contributed by atoms with E-state index in [4.69, 9.17) is 14.6 Å². The third-order valence-corrected chi connectivity index (χ3v) is 3.37. The number of rotatable bonds is 6. The van der Waals surface area contributed by atoms with Crippen LogP contribution < -0.4 is 0 Å². The SMILES string of the molecule is O=C(O)c1c(COCC2CCCCO2)cccc1[N+](=O)[O-]. The Bertz CT molecular complexity index is 524. The lowest BCUT2D eigenvalue weighted by atomic mass is 10.1. The molecule has 7 nitrogen and oxygen atoms in total. The summed E-state index contributed by atoms with van der Waals surface area (Å²) in [5.41, 5.74) is -0.433. The number of nitro groups is 1. The summed E-state index contributed by atoms with van der Waals surface area (Å²) < 4.78 is 11.0. The fourth-order valence-electron chi connectivity index (χ4n) is 2.35. The maximum Gasteiger partial charge on any atom is 0.343 e. The van der Waals surface area contributed by atoms with Crippen LogP contribution in [0.4, 0.5) is 5.69 Å². The Labute approximate surface area is 121 Å². The minimum Gasteiger partial charge on any atom is -0.477 e. The van der Waals surface area contributed by atoms with Crippen molar-refractivity contribution in [2.24, 2.45) is 0 Å². The summed E-state index contributed by atoms with van der Waals surface area (Å²) in [5.74, 6) is -1.32. The number of hydrogen-bond donors (Lipinski definition) is 1. The Morgan fingerprint density at radius 3 is 2.90 bits per heavy atom. The molecule has 1 atom stereocenters. The first-order chi connectivity index (χ1) is 10.1. The fraction of sp³-hybridized carbons (Fsp3) is 0.500. The average molecular weight is 295 g/mol. The second-order valence-corrected chi connectivity index (χ2v) is 4.88. The highest BCUT2D eigenvalue weighted by Gasteiger charge is 2.23. The molecule has 0 saturated carbocycles. The minimum atomic E-state index is -1.32. The van der Waals surface area contributed by atoms with E-state index in [0.29, 0.717) is 18.8 Å². The van der Waals surface area contributed by atoms with Gasteiger partial charge in [0.05, 0.1) is 24.2 Å². The van der Waals surface area contributed by atoms with Gasteiger partial charge in [-0.25, -0.2) is 4.79 Å². The number of benzene rings is 1. The number of carboxylic acids is 1. The highest BCUT2D eigenvalue weighted by molar-refractivity contribution is 5.94. The minimum absolute atomic E-state index is 0.0170. The zero-order chi connectivity index (χ0) is 15.2. The normalized spacial score (nSPS) is 18.4. The number of nitro benzene ring substituents is 1. The van der Waals surface area contributed by atoms with Crippen molar-refractivity contribution in [3.63, 3.8) is 0 Å². The molecule has 1 aromatic rings. The largest absolute Gasteiger partial charge is 0.477 e. The molecule has 0 spiro atoms. The number of hydrogen-bond acceptors (Lipinski definition) is 5. The van der Waals surface area contributed by atoms with E-state index in [1.54, 1.807) is 0 Å². The molecule has 1 aliphatic heterocycles. The maximum absolute atomic E-state index is 11.2. The lowest BCUT2D eigenvalue weighted by Gasteiger charge is -2.22. The van der Waals surface area contributed by atoms with Gasteiger partial charge < -0.3 is 14.6 Å². The molecule has 21 heavy (non-hydrogen) atoms. The Hall–Kier alpha value is -1.99. The second kappa shape index (κ2) is 7.14. The van der Waals surface area contributed by atoms with Gasteiger partial charge in [0, 0.05) is 12.7 Å². The molecule has 1 aliphatic rings. The van der Waals surface area contributed by atoms with Crippen LogP contribution in [-0.2, 0) is 16.1 Å².